The van der Waals surface area contributed by atoms with Gasteiger partial charge in [-0.3, -0.25) is 9.59 Å². The number of ether oxygens (including phenoxy) is 1. The zero-order chi connectivity index (χ0) is 10.6. The summed E-state index contributed by atoms with van der Waals surface area (Å²) in [4.78, 5) is 22.6. The molecule has 0 atom stereocenters. The van der Waals surface area contributed by atoms with Crippen LogP contribution in [0.25, 0.3) is 0 Å². The van der Waals surface area contributed by atoms with Crippen LogP contribution in [-0.2, 0) is 14.3 Å². The Hall–Kier alpha value is -0.900. The Morgan fingerprint density at radius 2 is 2.07 bits per heavy atom. The van der Waals surface area contributed by atoms with Gasteiger partial charge in [0.1, 0.15) is 5.78 Å². The van der Waals surface area contributed by atoms with E-state index in [1.165, 1.54) is 0 Å². The van der Waals surface area contributed by atoms with E-state index < -0.39 is 5.41 Å². The van der Waals surface area contributed by atoms with E-state index in [0.717, 1.165) is 0 Å². The molecular formula is C10H16O4. The summed E-state index contributed by atoms with van der Waals surface area (Å²) in [5, 5.41) is 9.21. The van der Waals surface area contributed by atoms with Crippen LogP contribution in [-0.4, -0.2) is 30.1 Å². The Morgan fingerprint density at radius 1 is 1.50 bits per heavy atom. The summed E-state index contributed by atoms with van der Waals surface area (Å²) >= 11 is 0. The zero-order valence-electron chi connectivity index (χ0n) is 8.41. The topological polar surface area (TPSA) is 63.6 Å². The molecule has 0 heterocycles. The van der Waals surface area contributed by atoms with Crippen LogP contribution in [0.3, 0.4) is 0 Å². The van der Waals surface area contributed by atoms with Crippen molar-refractivity contribution in [3.05, 3.63) is 0 Å². The SMILES string of the molecule is CCOC(=O)C1(CO)CCC(=O)CC1. The number of ketones is 1. The third-order valence-electron chi connectivity index (χ3n) is 2.78. The molecule has 1 saturated carbocycles. The van der Waals surface area contributed by atoms with Crippen LogP contribution in [0.1, 0.15) is 32.6 Å². The Kier molecular flexibility index (Phi) is 3.63. The number of hydrogen-bond donors (Lipinski definition) is 1. The van der Waals surface area contributed by atoms with Crippen molar-refractivity contribution in [3.63, 3.8) is 0 Å². The predicted molar refractivity (Wildman–Crippen MR) is 49.6 cm³/mol. The molecule has 14 heavy (non-hydrogen) atoms. The Morgan fingerprint density at radius 3 is 2.50 bits per heavy atom. The lowest BCUT2D eigenvalue weighted by molar-refractivity contribution is -0.161. The van der Waals surface area contributed by atoms with Gasteiger partial charge in [0.2, 0.25) is 0 Å². The van der Waals surface area contributed by atoms with Gasteiger partial charge in [0.15, 0.2) is 0 Å². The van der Waals surface area contributed by atoms with E-state index >= 15 is 0 Å². The third-order valence-corrected chi connectivity index (χ3v) is 2.78. The number of hydrogen-bond acceptors (Lipinski definition) is 4. The molecule has 0 aromatic carbocycles. The molecule has 1 aliphatic rings. The van der Waals surface area contributed by atoms with Crippen molar-refractivity contribution >= 4 is 11.8 Å². The molecule has 4 nitrogen and oxygen atoms in total. The van der Waals surface area contributed by atoms with Crippen LogP contribution in [0.5, 0.6) is 0 Å². The van der Waals surface area contributed by atoms with Crippen molar-refractivity contribution in [1.82, 2.24) is 0 Å². The maximum Gasteiger partial charge on any atom is 0.314 e. The summed E-state index contributed by atoms with van der Waals surface area (Å²) in [7, 11) is 0. The number of esters is 1. The van der Waals surface area contributed by atoms with Crippen molar-refractivity contribution in [2.75, 3.05) is 13.2 Å². The Labute approximate surface area is 83.2 Å². The van der Waals surface area contributed by atoms with Crippen LogP contribution < -0.4 is 0 Å². The molecule has 0 radical (unpaired) electrons. The number of carbonyl (C=O) groups is 2. The number of Topliss-reactive ketones (excluding diaryl/α,β-unsaturated/α-hetero) is 1. The quantitative estimate of drug-likeness (QED) is 0.680. The molecule has 0 amide bonds. The molecule has 0 bridgehead atoms. The first kappa shape index (κ1) is 11.2. The lowest BCUT2D eigenvalue weighted by Gasteiger charge is -2.32. The number of aliphatic hydroxyl groups excluding tert-OH is 1. The second-order valence-corrected chi connectivity index (χ2v) is 3.70. The molecule has 0 unspecified atom stereocenters. The minimum absolute atomic E-state index is 0.165. The number of aliphatic hydroxyl groups is 1. The molecular weight excluding hydrogens is 184 g/mol. The van der Waals surface area contributed by atoms with E-state index in [1.54, 1.807) is 6.92 Å². The Balaban J connectivity index is 2.66. The van der Waals surface area contributed by atoms with Gasteiger partial charge in [0.25, 0.3) is 0 Å². The average Bonchev–Trinajstić information content (AvgIpc) is 2.20. The third kappa shape index (κ3) is 2.12. The van der Waals surface area contributed by atoms with Crippen molar-refractivity contribution in [1.29, 1.82) is 0 Å². The van der Waals surface area contributed by atoms with Crippen molar-refractivity contribution in [2.24, 2.45) is 5.41 Å². The standard InChI is InChI=1S/C10H16O4/c1-2-14-9(13)10(7-11)5-3-8(12)4-6-10/h11H,2-7H2,1H3. The van der Waals surface area contributed by atoms with Crippen molar-refractivity contribution in [2.45, 2.75) is 32.6 Å². The van der Waals surface area contributed by atoms with E-state index in [9.17, 15) is 14.7 Å². The first-order valence-corrected chi connectivity index (χ1v) is 4.94. The van der Waals surface area contributed by atoms with Gasteiger partial charge in [-0.25, -0.2) is 0 Å². The van der Waals surface area contributed by atoms with E-state index in [2.05, 4.69) is 0 Å². The lowest BCUT2D eigenvalue weighted by Crippen LogP contribution is -2.40. The van der Waals surface area contributed by atoms with Gasteiger partial charge in [-0.1, -0.05) is 0 Å². The molecule has 0 aromatic heterocycles. The molecule has 4 heteroatoms. The molecule has 1 aliphatic carbocycles. The van der Waals surface area contributed by atoms with E-state index in [0.29, 0.717) is 32.3 Å². The number of rotatable bonds is 3. The molecule has 1 N–H and O–H groups in total. The monoisotopic (exact) mass is 200 g/mol. The van der Waals surface area contributed by atoms with Crippen molar-refractivity contribution in [3.8, 4) is 0 Å². The maximum absolute atomic E-state index is 11.6. The van der Waals surface area contributed by atoms with Gasteiger partial charge in [-0.05, 0) is 19.8 Å². The summed E-state index contributed by atoms with van der Waals surface area (Å²) in [6.45, 7) is 1.82. The fourth-order valence-corrected chi connectivity index (χ4v) is 1.72. The van der Waals surface area contributed by atoms with Gasteiger partial charge < -0.3 is 9.84 Å². The zero-order valence-corrected chi connectivity index (χ0v) is 8.41. The highest BCUT2D eigenvalue weighted by atomic mass is 16.5. The number of carbonyl (C=O) groups excluding carboxylic acids is 2. The van der Waals surface area contributed by atoms with Gasteiger partial charge >= 0.3 is 5.97 Å². The second-order valence-electron chi connectivity index (χ2n) is 3.70. The van der Waals surface area contributed by atoms with E-state index in [1.807, 2.05) is 0 Å². The van der Waals surface area contributed by atoms with E-state index in [4.69, 9.17) is 4.74 Å². The summed E-state index contributed by atoms with van der Waals surface area (Å²) in [5.74, 6) is -0.201. The van der Waals surface area contributed by atoms with Gasteiger partial charge in [0.05, 0.1) is 18.6 Å². The molecule has 0 aliphatic heterocycles. The predicted octanol–water partition coefficient (Wildman–Crippen LogP) is 0.671. The molecule has 0 spiro atoms. The van der Waals surface area contributed by atoms with Gasteiger partial charge in [-0.15, -0.1) is 0 Å². The summed E-state index contributed by atoms with van der Waals surface area (Å²) in [6, 6.07) is 0. The second kappa shape index (κ2) is 4.55. The summed E-state index contributed by atoms with van der Waals surface area (Å²) in [5.41, 5.74) is -0.816. The molecule has 0 saturated heterocycles. The first-order valence-electron chi connectivity index (χ1n) is 4.94. The minimum Gasteiger partial charge on any atom is -0.465 e. The highest BCUT2D eigenvalue weighted by Crippen LogP contribution is 2.35. The highest BCUT2D eigenvalue weighted by molar-refractivity contribution is 5.84. The molecule has 0 aromatic rings. The van der Waals surface area contributed by atoms with Crippen LogP contribution in [0.2, 0.25) is 0 Å². The van der Waals surface area contributed by atoms with Crippen LogP contribution >= 0.6 is 0 Å². The summed E-state index contributed by atoms with van der Waals surface area (Å²) in [6.07, 6.45) is 1.58. The van der Waals surface area contributed by atoms with Gasteiger partial charge in [-0.2, -0.15) is 0 Å². The average molecular weight is 200 g/mol. The Bertz CT molecular complexity index is 224. The largest absolute Gasteiger partial charge is 0.465 e. The van der Waals surface area contributed by atoms with E-state index in [-0.39, 0.29) is 18.4 Å². The highest BCUT2D eigenvalue weighted by Gasteiger charge is 2.42. The fourth-order valence-electron chi connectivity index (χ4n) is 1.72. The van der Waals surface area contributed by atoms with Crippen LogP contribution in [0, 0.1) is 5.41 Å². The first-order chi connectivity index (χ1) is 6.64. The fraction of sp³-hybridized carbons (Fsp3) is 0.800. The lowest BCUT2D eigenvalue weighted by atomic mass is 9.74. The molecule has 80 valence electrons. The minimum atomic E-state index is -0.816. The maximum atomic E-state index is 11.6. The summed E-state index contributed by atoms with van der Waals surface area (Å²) < 4.78 is 4.90. The molecule has 1 rings (SSSR count). The normalized spacial score (nSPS) is 20.6. The smallest absolute Gasteiger partial charge is 0.314 e. The van der Waals surface area contributed by atoms with Crippen molar-refractivity contribution < 1.29 is 19.4 Å². The molecule has 1 fully saturated rings. The van der Waals surface area contributed by atoms with Crippen LogP contribution in [0.4, 0.5) is 0 Å². The van der Waals surface area contributed by atoms with Gasteiger partial charge in [0, 0.05) is 12.8 Å². The van der Waals surface area contributed by atoms with Crippen LogP contribution in [0.15, 0.2) is 0 Å².